The Morgan fingerprint density at radius 1 is 0.814 bits per heavy atom. The predicted molar refractivity (Wildman–Crippen MR) is 158 cm³/mol. The van der Waals surface area contributed by atoms with Crippen LogP contribution in [-0.2, 0) is 30.4 Å². The van der Waals surface area contributed by atoms with Crippen molar-refractivity contribution in [3.05, 3.63) is 79.4 Å². The fourth-order valence-corrected chi connectivity index (χ4v) is 3.62. The summed E-state index contributed by atoms with van der Waals surface area (Å²) in [5, 5.41) is 7.65. The number of nitrogens with zero attached hydrogens (tertiary/aromatic N) is 1. The summed E-state index contributed by atoms with van der Waals surface area (Å²) in [5.74, 6) is -1.29. The van der Waals surface area contributed by atoms with E-state index < -0.39 is 43.5 Å². The van der Waals surface area contributed by atoms with Crippen molar-refractivity contribution in [2.45, 2.75) is 25.5 Å². The fourth-order valence-electron chi connectivity index (χ4n) is 3.62. The van der Waals surface area contributed by atoms with E-state index >= 15 is 0 Å². The number of benzene rings is 2. The molecule has 3 amide bonds. The molecule has 0 fully saturated rings. The second-order valence-electron chi connectivity index (χ2n) is 8.89. The van der Waals surface area contributed by atoms with Gasteiger partial charge in [-0.1, -0.05) is 37.4 Å². The molecule has 0 heterocycles. The Morgan fingerprint density at radius 3 is 2.00 bits per heavy atom. The fraction of sp³-hybridized carbons (Fsp3) is 0.333. The van der Waals surface area contributed by atoms with Crippen molar-refractivity contribution >= 4 is 41.1 Å². The van der Waals surface area contributed by atoms with Crippen molar-refractivity contribution in [1.29, 1.82) is 0 Å². The molecule has 11 nitrogen and oxygen atoms in total. The van der Waals surface area contributed by atoms with Gasteiger partial charge in [-0.25, -0.2) is 23.2 Å². The maximum absolute atomic E-state index is 12.7. The van der Waals surface area contributed by atoms with E-state index in [9.17, 15) is 28.0 Å². The zero-order valence-corrected chi connectivity index (χ0v) is 23.7. The first-order valence-electron chi connectivity index (χ1n) is 13.4. The molecule has 0 aliphatic carbocycles. The van der Waals surface area contributed by atoms with Gasteiger partial charge >= 0.3 is 24.1 Å². The number of esters is 2. The maximum atomic E-state index is 12.7. The van der Waals surface area contributed by atoms with Gasteiger partial charge in [0.05, 0.1) is 0 Å². The van der Waals surface area contributed by atoms with E-state index in [0.29, 0.717) is 22.6 Å². The van der Waals surface area contributed by atoms with Gasteiger partial charge < -0.3 is 29.7 Å². The number of halogens is 2. The number of hydrogen-bond donors (Lipinski definition) is 3. The van der Waals surface area contributed by atoms with Crippen LogP contribution in [0.5, 0.6) is 0 Å². The highest BCUT2D eigenvalue weighted by atomic mass is 19.1. The standard InChI is InChI=1S/C30H36F2N4O7/c1-3-19-41-27(37)14-13-26(28(38)42-20-4-2)35-29(39)33-23-7-5-22(6-8-23)21-43-30(40)34-24-9-11-25(12-10-24)36(17-15-31)18-16-32/h3-12,26H,1-2,13-21H2,(H,34,40)(H2,33,35,39)/t26-/m0/s1. The Kier molecular flexibility index (Phi) is 15.3. The molecule has 13 heteroatoms. The molecule has 0 saturated carbocycles. The maximum Gasteiger partial charge on any atom is 0.411 e. The lowest BCUT2D eigenvalue weighted by Crippen LogP contribution is -2.44. The average Bonchev–Trinajstić information content (AvgIpc) is 3.00. The Hall–Kier alpha value is -4.94. The Bertz CT molecular complexity index is 1200. The molecular formula is C30H36F2N4O7. The third kappa shape index (κ3) is 13.1. The van der Waals surface area contributed by atoms with E-state index in [2.05, 4.69) is 29.1 Å². The molecule has 0 aliphatic heterocycles. The lowest BCUT2D eigenvalue weighted by molar-refractivity contribution is -0.146. The van der Waals surface area contributed by atoms with Gasteiger partial charge in [0, 0.05) is 36.6 Å². The monoisotopic (exact) mass is 602 g/mol. The highest BCUT2D eigenvalue weighted by Gasteiger charge is 2.23. The van der Waals surface area contributed by atoms with E-state index in [1.54, 1.807) is 53.4 Å². The van der Waals surface area contributed by atoms with Crippen LogP contribution in [0.3, 0.4) is 0 Å². The van der Waals surface area contributed by atoms with Crippen LogP contribution in [0.4, 0.5) is 35.4 Å². The highest BCUT2D eigenvalue weighted by molar-refractivity contribution is 5.92. The molecule has 0 aliphatic rings. The molecule has 1 atom stereocenters. The zero-order chi connectivity index (χ0) is 31.5. The second-order valence-corrected chi connectivity index (χ2v) is 8.89. The number of carbonyl (C=O) groups is 4. The third-order valence-electron chi connectivity index (χ3n) is 5.70. The Labute approximate surface area is 248 Å². The topological polar surface area (TPSA) is 135 Å². The van der Waals surface area contributed by atoms with Crippen LogP contribution in [0.1, 0.15) is 18.4 Å². The van der Waals surface area contributed by atoms with Gasteiger partial charge in [-0.05, 0) is 48.4 Å². The van der Waals surface area contributed by atoms with Crippen LogP contribution in [0.25, 0.3) is 0 Å². The van der Waals surface area contributed by atoms with Crippen molar-refractivity contribution < 1.29 is 42.2 Å². The number of amides is 3. The normalized spacial score (nSPS) is 10.9. The van der Waals surface area contributed by atoms with Crippen molar-refractivity contribution in [3.63, 3.8) is 0 Å². The van der Waals surface area contributed by atoms with Crippen molar-refractivity contribution in [3.8, 4) is 0 Å². The second kappa shape index (κ2) is 19.2. The number of anilines is 3. The quantitative estimate of drug-likeness (QED) is 0.125. The lowest BCUT2D eigenvalue weighted by atomic mass is 10.1. The Balaban J connectivity index is 1.85. The first kappa shape index (κ1) is 34.3. The van der Waals surface area contributed by atoms with Gasteiger partial charge in [0.25, 0.3) is 0 Å². The first-order chi connectivity index (χ1) is 20.8. The molecular weight excluding hydrogens is 566 g/mol. The molecule has 0 bridgehead atoms. The summed E-state index contributed by atoms with van der Waals surface area (Å²) in [6.07, 6.45) is 1.91. The number of hydrogen-bond acceptors (Lipinski definition) is 8. The summed E-state index contributed by atoms with van der Waals surface area (Å²) in [6.45, 7) is 5.75. The summed E-state index contributed by atoms with van der Waals surface area (Å²) >= 11 is 0. The summed E-state index contributed by atoms with van der Waals surface area (Å²) in [4.78, 5) is 50.4. The van der Waals surface area contributed by atoms with Crippen LogP contribution >= 0.6 is 0 Å². The van der Waals surface area contributed by atoms with Crippen molar-refractivity contribution in [1.82, 2.24) is 5.32 Å². The van der Waals surface area contributed by atoms with Gasteiger partial charge in [0.2, 0.25) is 0 Å². The van der Waals surface area contributed by atoms with Gasteiger partial charge in [-0.3, -0.25) is 10.1 Å². The lowest BCUT2D eigenvalue weighted by Gasteiger charge is -2.22. The molecule has 232 valence electrons. The van der Waals surface area contributed by atoms with Crippen molar-refractivity contribution in [2.75, 3.05) is 55.2 Å². The number of urea groups is 1. The molecule has 0 spiro atoms. The molecule has 2 aromatic carbocycles. The molecule has 0 aromatic heterocycles. The summed E-state index contributed by atoms with van der Waals surface area (Å²) in [7, 11) is 0. The van der Waals surface area contributed by atoms with Gasteiger partial charge in [-0.15, -0.1) is 0 Å². The highest BCUT2D eigenvalue weighted by Crippen LogP contribution is 2.18. The van der Waals surface area contributed by atoms with E-state index in [1.165, 1.54) is 12.2 Å². The molecule has 2 rings (SSSR count). The molecule has 0 radical (unpaired) electrons. The van der Waals surface area contributed by atoms with Crippen LogP contribution in [0.15, 0.2) is 73.8 Å². The minimum atomic E-state index is -1.11. The minimum Gasteiger partial charge on any atom is -0.461 e. The van der Waals surface area contributed by atoms with E-state index in [0.717, 1.165) is 0 Å². The number of ether oxygens (including phenoxy) is 3. The van der Waals surface area contributed by atoms with Gasteiger partial charge in [0.1, 0.15) is 39.2 Å². The number of carbonyl (C=O) groups excluding carboxylic acids is 4. The predicted octanol–water partition coefficient (Wildman–Crippen LogP) is 4.91. The number of rotatable bonds is 18. The number of nitrogens with one attached hydrogen (secondary N) is 3. The van der Waals surface area contributed by atoms with Gasteiger partial charge in [0.15, 0.2) is 0 Å². The smallest absolute Gasteiger partial charge is 0.411 e. The molecule has 0 saturated heterocycles. The molecule has 2 aromatic rings. The summed E-state index contributed by atoms with van der Waals surface area (Å²) in [6, 6.07) is 11.1. The van der Waals surface area contributed by atoms with Gasteiger partial charge in [-0.2, -0.15) is 0 Å². The summed E-state index contributed by atoms with van der Waals surface area (Å²) in [5.41, 5.74) is 2.10. The van der Waals surface area contributed by atoms with E-state index in [1.807, 2.05) is 0 Å². The van der Waals surface area contributed by atoms with Crippen LogP contribution in [0, 0.1) is 0 Å². The zero-order valence-electron chi connectivity index (χ0n) is 23.7. The van der Waals surface area contributed by atoms with E-state index in [4.69, 9.17) is 14.2 Å². The van der Waals surface area contributed by atoms with E-state index in [-0.39, 0.29) is 45.8 Å². The molecule has 0 unspecified atom stereocenters. The minimum absolute atomic E-state index is 0.0316. The van der Waals surface area contributed by atoms with Crippen molar-refractivity contribution in [2.24, 2.45) is 0 Å². The Morgan fingerprint density at radius 2 is 1.40 bits per heavy atom. The number of alkyl halides is 2. The average molecular weight is 603 g/mol. The molecule has 3 N–H and O–H groups in total. The first-order valence-corrected chi connectivity index (χ1v) is 13.4. The van der Waals surface area contributed by atoms with Crippen LogP contribution in [-0.4, -0.2) is 69.8 Å². The molecule has 43 heavy (non-hydrogen) atoms. The third-order valence-corrected chi connectivity index (χ3v) is 5.70. The van der Waals surface area contributed by atoms with Crippen LogP contribution in [0.2, 0.25) is 0 Å². The van der Waals surface area contributed by atoms with Crippen LogP contribution < -0.4 is 20.9 Å². The summed E-state index contributed by atoms with van der Waals surface area (Å²) < 4.78 is 40.5. The largest absolute Gasteiger partial charge is 0.461 e. The SMILES string of the molecule is C=CCOC(=O)CC[C@H](NC(=O)Nc1ccc(COC(=O)Nc2ccc(N(CCF)CCF)cc2)cc1)C(=O)OCC=C.